The minimum absolute atomic E-state index is 0.500. The van der Waals surface area contributed by atoms with Gasteiger partial charge in [-0.25, -0.2) is 4.98 Å². The Labute approximate surface area is 113 Å². The van der Waals surface area contributed by atoms with Gasteiger partial charge in [-0.05, 0) is 47.8 Å². The van der Waals surface area contributed by atoms with E-state index in [9.17, 15) is 0 Å². The Hall–Kier alpha value is -0.570. The van der Waals surface area contributed by atoms with E-state index in [-0.39, 0.29) is 0 Å². The molecule has 0 spiro atoms. The van der Waals surface area contributed by atoms with Crippen molar-refractivity contribution >= 4 is 21.7 Å². The molecule has 0 aliphatic carbocycles. The summed E-state index contributed by atoms with van der Waals surface area (Å²) in [4.78, 5) is 4.37. The monoisotopic (exact) mass is 298 g/mol. The van der Waals surface area contributed by atoms with Crippen molar-refractivity contribution in [3.63, 3.8) is 0 Å². The Morgan fingerprint density at radius 3 is 2.76 bits per heavy atom. The average Bonchev–Trinajstić information content (AvgIpc) is 2.30. The van der Waals surface area contributed by atoms with E-state index in [1.165, 1.54) is 37.7 Å². The summed E-state index contributed by atoms with van der Waals surface area (Å²) in [5.41, 5.74) is 1.22. The van der Waals surface area contributed by atoms with E-state index < -0.39 is 0 Å². The van der Waals surface area contributed by atoms with Crippen LogP contribution in [0.5, 0.6) is 0 Å². The van der Waals surface area contributed by atoms with Crippen LogP contribution in [0.15, 0.2) is 16.7 Å². The number of pyridine rings is 1. The van der Waals surface area contributed by atoms with E-state index in [0.29, 0.717) is 6.04 Å². The lowest BCUT2D eigenvalue weighted by molar-refractivity contribution is 0.593. The van der Waals surface area contributed by atoms with Crippen molar-refractivity contribution in [2.45, 2.75) is 58.9 Å². The fourth-order valence-corrected chi connectivity index (χ4v) is 2.04. The van der Waals surface area contributed by atoms with E-state index >= 15 is 0 Å². The Kier molecular flexibility index (Phi) is 6.56. The lowest BCUT2D eigenvalue weighted by Gasteiger charge is -2.14. The third-order valence-corrected chi connectivity index (χ3v) is 3.76. The van der Waals surface area contributed by atoms with Crippen molar-refractivity contribution in [3.8, 4) is 0 Å². The molecule has 0 amide bonds. The smallest absolute Gasteiger partial charge is 0.126 e. The van der Waals surface area contributed by atoms with Crippen LogP contribution in [-0.4, -0.2) is 11.0 Å². The van der Waals surface area contributed by atoms with Crippen LogP contribution in [0.1, 0.15) is 51.5 Å². The molecule has 0 fully saturated rings. The number of anilines is 1. The average molecular weight is 299 g/mol. The second-order valence-electron chi connectivity index (χ2n) is 4.71. The van der Waals surface area contributed by atoms with E-state index in [4.69, 9.17) is 0 Å². The number of unbranched alkanes of at least 4 members (excludes halogenated alkanes) is 3. The molecule has 96 valence electrons. The number of halogens is 1. The predicted molar refractivity (Wildman–Crippen MR) is 78.5 cm³/mol. The molecule has 0 aromatic carbocycles. The van der Waals surface area contributed by atoms with Gasteiger partial charge >= 0.3 is 0 Å². The van der Waals surface area contributed by atoms with E-state index in [2.05, 4.69) is 53.1 Å². The summed E-state index contributed by atoms with van der Waals surface area (Å²) in [6, 6.07) is 2.59. The highest BCUT2D eigenvalue weighted by Gasteiger charge is 2.04. The summed E-state index contributed by atoms with van der Waals surface area (Å²) in [7, 11) is 0. The number of nitrogens with zero attached hydrogens (tertiary/aromatic N) is 1. The Bertz CT molecular complexity index is 339. The van der Waals surface area contributed by atoms with Gasteiger partial charge in [0.05, 0.1) is 0 Å². The fraction of sp³-hybridized carbons (Fsp3) is 0.643. The SMILES string of the molecule is CCCCCCC(C)Nc1cc(C)c(Br)cn1. The van der Waals surface area contributed by atoms with Crippen molar-refractivity contribution in [1.82, 2.24) is 4.98 Å². The number of aromatic nitrogens is 1. The molecule has 0 aliphatic rings. The molecule has 0 aliphatic heterocycles. The van der Waals surface area contributed by atoms with Gasteiger partial charge in [0.2, 0.25) is 0 Å². The zero-order valence-electron chi connectivity index (χ0n) is 11.1. The molecule has 1 aromatic heterocycles. The maximum Gasteiger partial charge on any atom is 0.126 e. The first kappa shape index (κ1) is 14.5. The molecule has 3 heteroatoms. The van der Waals surface area contributed by atoms with Crippen molar-refractivity contribution in [3.05, 3.63) is 22.3 Å². The number of aryl methyl sites for hydroxylation is 1. The lowest BCUT2D eigenvalue weighted by atomic mass is 10.1. The van der Waals surface area contributed by atoms with Crippen molar-refractivity contribution in [2.24, 2.45) is 0 Å². The van der Waals surface area contributed by atoms with Gasteiger partial charge < -0.3 is 5.32 Å². The van der Waals surface area contributed by atoms with E-state index in [1.54, 1.807) is 0 Å². The van der Waals surface area contributed by atoms with Crippen LogP contribution < -0.4 is 5.32 Å². The highest BCUT2D eigenvalue weighted by atomic mass is 79.9. The molecule has 17 heavy (non-hydrogen) atoms. The third kappa shape index (κ3) is 5.53. The van der Waals surface area contributed by atoms with Crippen molar-refractivity contribution < 1.29 is 0 Å². The van der Waals surface area contributed by atoms with Gasteiger partial charge in [0.25, 0.3) is 0 Å². The first-order valence-corrected chi connectivity index (χ1v) is 7.31. The van der Waals surface area contributed by atoms with Gasteiger partial charge in [-0.15, -0.1) is 0 Å². The molecule has 1 heterocycles. The van der Waals surface area contributed by atoms with Crippen molar-refractivity contribution in [2.75, 3.05) is 5.32 Å². The summed E-state index contributed by atoms with van der Waals surface area (Å²) in [5, 5.41) is 3.45. The zero-order valence-corrected chi connectivity index (χ0v) is 12.7. The number of hydrogen-bond donors (Lipinski definition) is 1. The van der Waals surface area contributed by atoms with Gasteiger partial charge in [0.15, 0.2) is 0 Å². The van der Waals surface area contributed by atoms with E-state index in [0.717, 1.165) is 10.3 Å². The maximum absolute atomic E-state index is 4.37. The number of nitrogens with one attached hydrogen (secondary N) is 1. The van der Waals surface area contributed by atoms with Crippen LogP contribution in [-0.2, 0) is 0 Å². The molecule has 0 bridgehead atoms. The van der Waals surface area contributed by atoms with Gasteiger partial charge in [0, 0.05) is 16.7 Å². The quantitative estimate of drug-likeness (QED) is 0.723. The number of rotatable bonds is 7. The molecular formula is C14H23BrN2. The number of hydrogen-bond acceptors (Lipinski definition) is 2. The van der Waals surface area contributed by atoms with Crippen molar-refractivity contribution in [1.29, 1.82) is 0 Å². The van der Waals surface area contributed by atoms with Crippen LogP contribution in [0, 0.1) is 6.92 Å². The summed E-state index contributed by atoms with van der Waals surface area (Å²) < 4.78 is 1.07. The fourth-order valence-electron chi connectivity index (χ4n) is 1.82. The first-order valence-electron chi connectivity index (χ1n) is 6.52. The van der Waals surface area contributed by atoms with Crippen LogP contribution in [0.2, 0.25) is 0 Å². The maximum atomic E-state index is 4.37. The highest BCUT2D eigenvalue weighted by Crippen LogP contribution is 2.18. The molecule has 0 saturated heterocycles. The molecule has 1 rings (SSSR count). The molecule has 1 aromatic rings. The normalized spacial score (nSPS) is 12.5. The molecule has 0 saturated carbocycles. The second-order valence-corrected chi connectivity index (χ2v) is 5.57. The Balaban J connectivity index is 2.34. The standard InChI is InChI=1S/C14H23BrN2/c1-4-5-6-7-8-12(3)17-14-9-11(2)13(15)10-16-14/h9-10,12H,4-8H2,1-3H3,(H,16,17). The largest absolute Gasteiger partial charge is 0.368 e. The van der Waals surface area contributed by atoms with Gasteiger partial charge in [-0.3, -0.25) is 0 Å². The summed E-state index contributed by atoms with van der Waals surface area (Å²) >= 11 is 3.46. The van der Waals surface area contributed by atoms with Crippen LogP contribution >= 0.6 is 15.9 Å². The Morgan fingerprint density at radius 2 is 2.12 bits per heavy atom. The zero-order chi connectivity index (χ0) is 12.7. The summed E-state index contributed by atoms with van der Waals surface area (Å²) in [5.74, 6) is 0.980. The minimum atomic E-state index is 0.500. The predicted octanol–water partition coefficient (Wildman–Crippen LogP) is 4.92. The van der Waals surface area contributed by atoms with Crippen LogP contribution in [0.4, 0.5) is 5.82 Å². The second kappa shape index (κ2) is 7.70. The molecule has 0 radical (unpaired) electrons. The van der Waals surface area contributed by atoms with Crippen LogP contribution in [0.25, 0.3) is 0 Å². The third-order valence-electron chi connectivity index (χ3n) is 2.93. The first-order chi connectivity index (χ1) is 8.13. The molecule has 2 nitrogen and oxygen atoms in total. The molecule has 1 unspecified atom stereocenters. The van der Waals surface area contributed by atoms with Gasteiger partial charge in [-0.1, -0.05) is 32.6 Å². The van der Waals surface area contributed by atoms with Gasteiger partial charge in [0.1, 0.15) is 5.82 Å². The molecule has 1 N–H and O–H groups in total. The van der Waals surface area contributed by atoms with Gasteiger partial charge in [-0.2, -0.15) is 0 Å². The highest BCUT2D eigenvalue weighted by molar-refractivity contribution is 9.10. The molecular weight excluding hydrogens is 276 g/mol. The summed E-state index contributed by atoms with van der Waals surface area (Å²) in [6.07, 6.45) is 8.38. The minimum Gasteiger partial charge on any atom is -0.368 e. The summed E-state index contributed by atoms with van der Waals surface area (Å²) in [6.45, 7) is 6.56. The van der Waals surface area contributed by atoms with E-state index in [1.807, 2.05) is 6.20 Å². The molecule has 1 atom stereocenters. The van der Waals surface area contributed by atoms with Crippen LogP contribution in [0.3, 0.4) is 0 Å². The topological polar surface area (TPSA) is 24.9 Å². The Morgan fingerprint density at radius 1 is 1.35 bits per heavy atom. The lowest BCUT2D eigenvalue weighted by Crippen LogP contribution is -2.15.